The first-order valence-electron chi connectivity index (χ1n) is 9.85. The Morgan fingerprint density at radius 2 is 2.21 bits per heavy atom. The number of nitro benzene ring substituents is 1. The minimum absolute atomic E-state index is 0.0112. The molecule has 1 atom stereocenters. The molecule has 9 nitrogen and oxygen atoms in total. The topological polar surface area (TPSA) is 108 Å². The Hall–Kier alpha value is -2.78. The summed E-state index contributed by atoms with van der Waals surface area (Å²) in [5.41, 5.74) is 0.996. The van der Waals surface area contributed by atoms with E-state index < -0.39 is 5.60 Å². The van der Waals surface area contributed by atoms with Gasteiger partial charge in [0, 0.05) is 37.0 Å². The number of rotatable bonds is 6. The molecule has 1 fully saturated rings. The molecular formula is C20H25N5O4. The van der Waals surface area contributed by atoms with Gasteiger partial charge in [-0.25, -0.2) is 4.68 Å². The molecule has 0 aliphatic carbocycles. The van der Waals surface area contributed by atoms with Crippen molar-refractivity contribution < 1.29 is 14.8 Å². The quantitative estimate of drug-likeness (QED) is 0.500. The molecule has 1 aromatic carbocycles. The fraction of sp³-hybridized carbons (Fsp3) is 0.500. The van der Waals surface area contributed by atoms with E-state index in [0.29, 0.717) is 41.7 Å². The van der Waals surface area contributed by atoms with Crippen LogP contribution in [-0.4, -0.2) is 41.8 Å². The highest BCUT2D eigenvalue weighted by molar-refractivity contribution is 5.89. The lowest BCUT2D eigenvalue weighted by atomic mass is 10.1. The molecule has 0 amide bonds. The fourth-order valence-corrected chi connectivity index (χ4v) is 3.64. The van der Waals surface area contributed by atoms with Crippen LogP contribution in [0.5, 0.6) is 0 Å². The Labute approximate surface area is 168 Å². The van der Waals surface area contributed by atoms with Gasteiger partial charge in [-0.15, -0.1) is 0 Å². The SMILES string of the molecule is CC(C)(O)CCn1cc2cc([N+](=O)[O-])c(-c3ccnn3C3CCCCO3)cc2n1. The van der Waals surface area contributed by atoms with Crippen LogP contribution in [-0.2, 0) is 11.3 Å². The lowest BCUT2D eigenvalue weighted by molar-refractivity contribution is -0.384. The van der Waals surface area contributed by atoms with Gasteiger partial charge in [-0.1, -0.05) is 0 Å². The molecule has 0 spiro atoms. The first-order valence-corrected chi connectivity index (χ1v) is 9.85. The number of fused-ring (bicyclic) bond motifs is 1. The summed E-state index contributed by atoms with van der Waals surface area (Å²) in [7, 11) is 0. The lowest BCUT2D eigenvalue weighted by Gasteiger charge is -2.24. The van der Waals surface area contributed by atoms with E-state index in [0.717, 1.165) is 19.3 Å². The summed E-state index contributed by atoms with van der Waals surface area (Å²) in [6, 6.07) is 5.07. The van der Waals surface area contributed by atoms with Crippen LogP contribution < -0.4 is 0 Å². The van der Waals surface area contributed by atoms with Crippen molar-refractivity contribution in [3.63, 3.8) is 0 Å². The molecule has 29 heavy (non-hydrogen) atoms. The number of ether oxygens (including phenoxy) is 1. The van der Waals surface area contributed by atoms with Gasteiger partial charge in [-0.05, 0) is 51.7 Å². The van der Waals surface area contributed by atoms with Gasteiger partial charge in [0.05, 0.1) is 27.3 Å². The normalized spacial score (nSPS) is 17.7. The van der Waals surface area contributed by atoms with Crippen LogP contribution in [0.25, 0.3) is 22.2 Å². The van der Waals surface area contributed by atoms with Crippen LogP contribution in [0.2, 0.25) is 0 Å². The van der Waals surface area contributed by atoms with E-state index in [2.05, 4.69) is 10.2 Å². The van der Waals surface area contributed by atoms with Crippen LogP contribution >= 0.6 is 0 Å². The number of benzene rings is 1. The van der Waals surface area contributed by atoms with Crippen LogP contribution in [0, 0.1) is 10.1 Å². The number of aliphatic hydroxyl groups is 1. The highest BCUT2D eigenvalue weighted by Gasteiger charge is 2.25. The van der Waals surface area contributed by atoms with Crippen molar-refractivity contribution in [3.05, 3.63) is 40.7 Å². The Balaban J connectivity index is 1.75. The fourth-order valence-electron chi connectivity index (χ4n) is 3.64. The van der Waals surface area contributed by atoms with Gasteiger partial charge in [0.25, 0.3) is 5.69 Å². The largest absolute Gasteiger partial charge is 0.390 e. The Morgan fingerprint density at radius 1 is 1.38 bits per heavy atom. The minimum Gasteiger partial charge on any atom is -0.390 e. The van der Waals surface area contributed by atoms with E-state index >= 15 is 0 Å². The molecular weight excluding hydrogens is 374 g/mol. The molecule has 4 rings (SSSR count). The second-order valence-corrected chi connectivity index (χ2v) is 8.12. The molecule has 1 saturated heterocycles. The Bertz CT molecular complexity index is 1030. The zero-order valence-electron chi connectivity index (χ0n) is 16.6. The summed E-state index contributed by atoms with van der Waals surface area (Å²) in [4.78, 5) is 11.4. The molecule has 9 heteroatoms. The molecule has 3 heterocycles. The number of hydrogen-bond acceptors (Lipinski definition) is 6. The summed E-state index contributed by atoms with van der Waals surface area (Å²) in [5.74, 6) is 0. The summed E-state index contributed by atoms with van der Waals surface area (Å²) in [6.07, 6.45) is 6.62. The highest BCUT2D eigenvalue weighted by Crippen LogP contribution is 2.36. The van der Waals surface area contributed by atoms with E-state index in [1.54, 1.807) is 53.8 Å². The number of nitro groups is 1. The van der Waals surface area contributed by atoms with Gasteiger partial charge in [0.1, 0.15) is 0 Å². The third-order valence-corrected chi connectivity index (χ3v) is 5.19. The maximum absolute atomic E-state index is 11.8. The Kier molecular flexibility index (Phi) is 5.10. The van der Waals surface area contributed by atoms with Gasteiger partial charge in [0.2, 0.25) is 0 Å². The minimum atomic E-state index is -0.804. The monoisotopic (exact) mass is 399 g/mol. The summed E-state index contributed by atoms with van der Waals surface area (Å²) in [6.45, 7) is 4.67. The summed E-state index contributed by atoms with van der Waals surface area (Å²) >= 11 is 0. The number of nitrogens with zero attached hydrogens (tertiary/aromatic N) is 5. The van der Waals surface area contributed by atoms with Gasteiger partial charge in [-0.3, -0.25) is 14.8 Å². The molecule has 1 unspecified atom stereocenters. The first-order chi connectivity index (χ1) is 13.8. The predicted molar refractivity (Wildman–Crippen MR) is 107 cm³/mol. The molecule has 3 aromatic rings. The molecule has 1 aliphatic rings. The van der Waals surface area contributed by atoms with Gasteiger partial charge >= 0.3 is 0 Å². The molecule has 0 saturated carbocycles. The van der Waals surface area contributed by atoms with Gasteiger partial charge in [-0.2, -0.15) is 10.2 Å². The van der Waals surface area contributed by atoms with Crippen LogP contribution in [0.4, 0.5) is 5.69 Å². The van der Waals surface area contributed by atoms with E-state index in [9.17, 15) is 15.2 Å². The predicted octanol–water partition coefficient (Wildman–Crippen LogP) is 3.67. The Morgan fingerprint density at radius 3 is 2.90 bits per heavy atom. The highest BCUT2D eigenvalue weighted by atomic mass is 16.6. The third-order valence-electron chi connectivity index (χ3n) is 5.19. The number of aromatic nitrogens is 4. The molecule has 1 N–H and O–H groups in total. The smallest absolute Gasteiger partial charge is 0.279 e. The molecule has 0 radical (unpaired) electrons. The van der Waals surface area contributed by atoms with E-state index in [-0.39, 0.29) is 16.8 Å². The summed E-state index contributed by atoms with van der Waals surface area (Å²) in [5, 5.41) is 31.4. The maximum atomic E-state index is 11.8. The summed E-state index contributed by atoms with van der Waals surface area (Å²) < 4.78 is 9.28. The molecule has 1 aliphatic heterocycles. The molecule has 154 valence electrons. The molecule has 2 aromatic heterocycles. The van der Waals surface area contributed by atoms with Crippen molar-refractivity contribution >= 4 is 16.6 Å². The van der Waals surface area contributed by atoms with E-state index in [1.807, 2.05) is 0 Å². The van der Waals surface area contributed by atoms with Crippen LogP contribution in [0.1, 0.15) is 45.8 Å². The molecule has 0 bridgehead atoms. The van der Waals surface area contributed by atoms with E-state index in [4.69, 9.17) is 4.74 Å². The second-order valence-electron chi connectivity index (χ2n) is 8.12. The standard InChI is InChI=1S/C20H25N5O4/c1-20(2,26)7-9-23-13-14-11-18(25(27)28)15(12-16(14)22-23)17-6-8-21-24(17)19-5-3-4-10-29-19/h6,8,11-13,19,26H,3-5,7,9-10H2,1-2H3. The average molecular weight is 399 g/mol. The van der Waals surface area contributed by atoms with Crippen molar-refractivity contribution in [1.82, 2.24) is 19.6 Å². The zero-order chi connectivity index (χ0) is 20.6. The number of hydrogen-bond donors (Lipinski definition) is 1. The van der Waals surface area contributed by atoms with Crippen molar-refractivity contribution in [3.8, 4) is 11.3 Å². The first kappa shape index (κ1) is 19.5. The van der Waals surface area contributed by atoms with Crippen molar-refractivity contribution in [2.45, 2.75) is 57.9 Å². The maximum Gasteiger partial charge on any atom is 0.279 e. The average Bonchev–Trinajstić information content (AvgIpc) is 3.31. The van der Waals surface area contributed by atoms with Crippen molar-refractivity contribution in [2.24, 2.45) is 0 Å². The van der Waals surface area contributed by atoms with Crippen molar-refractivity contribution in [1.29, 1.82) is 0 Å². The zero-order valence-corrected chi connectivity index (χ0v) is 16.6. The van der Waals surface area contributed by atoms with Crippen LogP contribution in [0.3, 0.4) is 0 Å². The second kappa shape index (κ2) is 7.57. The third kappa shape index (κ3) is 4.15. The van der Waals surface area contributed by atoms with Crippen molar-refractivity contribution in [2.75, 3.05) is 6.61 Å². The van der Waals surface area contributed by atoms with Crippen LogP contribution in [0.15, 0.2) is 30.6 Å². The number of aryl methyl sites for hydroxylation is 1. The van der Waals surface area contributed by atoms with E-state index in [1.165, 1.54) is 0 Å². The van der Waals surface area contributed by atoms with Gasteiger partial charge < -0.3 is 9.84 Å². The van der Waals surface area contributed by atoms with Gasteiger partial charge in [0.15, 0.2) is 6.23 Å². The lowest BCUT2D eigenvalue weighted by Crippen LogP contribution is -2.21.